The summed E-state index contributed by atoms with van der Waals surface area (Å²) in [4.78, 5) is 5.36. The van der Waals surface area contributed by atoms with Crippen molar-refractivity contribution < 1.29 is 8.95 Å². The number of aryl methyl sites for hydroxylation is 1. The number of fused-ring (bicyclic) bond motifs is 3. The quantitative estimate of drug-likeness (QED) is 0.737. The fourth-order valence-electron chi connectivity index (χ4n) is 5.10. The van der Waals surface area contributed by atoms with Crippen LogP contribution >= 0.6 is 0 Å². The maximum atomic E-state index is 14.1. The molecule has 160 valence electrons. The Kier molecular flexibility index (Phi) is 4.70. The molecular formula is C23H30N4O2S. The Balaban J connectivity index is 1.54. The third kappa shape index (κ3) is 2.99. The first-order valence-corrected chi connectivity index (χ1v) is 12.3. The van der Waals surface area contributed by atoms with Crippen LogP contribution in [0, 0.1) is 12.8 Å². The Bertz CT molecular complexity index is 1100. The summed E-state index contributed by atoms with van der Waals surface area (Å²) in [6.45, 7) is 10.3. The van der Waals surface area contributed by atoms with Crippen molar-refractivity contribution in [3.8, 4) is 16.9 Å². The molecule has 3 aliphatic heterocycles. The smallest absolute Gasteiger partial charge is 0.123 e. The third-order valence-electron chi connectivity index (χ3n) is 7.22. The van der Waals surface area contributed by atoms with Crippen molar-refractivity contribution in [1.29, 1.82) is 0 Å². The molecule has 1 aromatic carbocycles. The molecule has 5 rings (SSSR count). The number of hydrogen-bond acceptors (Lipinski definition) is 5. The SMILES string of the molecule is C=S(=O)(c1cc(-c2ccc3c(c2)CNCCO3)cnc1C)N1CC2NCC1(C)C2C. The van der Waals surface area contributed by atoms with Crippen LogP contribution in [0.4, 0.5) is 0 Å². The van der Waals surface area contributed by atoms with Crippen LogP contribution in [0.15, 0.2) is 35.4 Å². The number of nitrogens with zero attached hydrogens (tertiary/aromatic N) is 2. The summed E-state index contributed by atoms with van der Waals surface area (Å²) in [6, 6.07) is 8.60. The Hall–Kier alpha value is -1.93. The second-order valence-corrected chi connectivity index (χ2v) is 11.2. The number of rotatable bonds is 3. The first-order valence-electron chi connectivity index (χ1n) is 10.6. The number of nitrogens with one attached hydrogen (secondary N) is 2. The molecule has 4 atom stereocenters. The van der Waals surface area contributed by atoms with Gasteiger partial charge >= 0.3 is 0 Å². The van der Waals surface area contributed by atoms with Crippen molar-refractivity contribution in [2.75, 3.05) is 26.2 Å². The summed E-state index contributed by atoms with van der Waals surface area (Å²) in [5.41, 5.74) is 3.77. The number of benzene rings is 1. The predicted molar refractivity (Wildman–Crippen MR) is 121 cm³/mol. The van der Waals surface area contributed by atoms with E-state index in [9.17, 15) is 4.21 Å². The van der Waals surface area contributed by atoms with Gasteiger partial charge in [0.1, 0.15) is 12.4 Å². The van der Waals surface area contributed by atoms with Crippen molar-refractivity contribution in [2.24, 2.45) is 5.92 Å². The van der Waals surface area contributed by atoms with Gasteiger partial charge in [0.25, 0.3) is 0 Å². The molecule has 30 heavy (non-hydrogen) atoms. The first-order chi connectivity index (χ1) is 14.3. The zero-order chi connectivity index (χ0) is 21.1. The molecule has 6 nitrogen and oxygen atoms in total. The predicted octanol–water partition coefficient (Wildman–Crippen LogP) is 2.21. The lowest BCUT2D eigenvalue weighted by Gasteiger charge is -2.39. The summed E-state index contributed by atoms with van der Waals surface area (Å²) in [5, 5.41) is 6.94. The van der Waals surface area contributed by atoms with Crippen LogP contribution in [0.1, 0.15) is 25.1 Å². The van der Waals surface area contributed by atoms with E-state index in [1.807, 2.05) is 25.3 Å². The highest BCUT2D eigenvalue weighted by molar-refractivity contribution is 7.98. The van der Waals surface area contributed by atoms with Gasteiger partial charge in [-0.3, -0.25) is 4.98 Å². The highest BCUT2D eigenvalue weighted by atomic mass is 32.2. The molecule has 2 aromatic rings. The second-order valence-electron chi connectivity index (χ2n) is 8.99. The third-order valence-corrected chi connectivity index (χ3v) is 9.60. The zero-order valence-corrected chi connectivity index (χ0v) is 18.7. The molecule has 4 heterocycles. The van der Waals surface area contributed by atoms with Crippen molar-refractivity contribution in [3.05, 3.63) is 41.7 Å². The molecular weight excluding hydrogens is 396 g/mol. The minimum atomic E-state index is -2.65. The summed E-state index contributed by atoms with van der Waals surface area (Å²) < 4.78 is 22.1. The molecule has 7 heteroatoms. The average molecular weight is 427 g/mol. The highest BCUT2D eigenvalue weighted by Gasteiger charge is 2.56. The Morgan fingerprint density at radius 1 is 1.33 bits per heavy atom. The van der Waals surface area contributed by atoms with Gasteiger partial charge in [0.15, 0.2) is 0 Å². The number of piperazine rings is 1. The number of aromatic nitrogens is 1. The van der Waals surface area contributed by atoms with Crippen LogP contribution in [0.3, 0.4) is 0 Å². The minimum Gasteiger partial charge on any atom is -0.492 e. The second kappa shape index (κ2) is 7.05. The van der Waals surface area contributed by atoms with E-state index in [1.165, 1.54) is 0 Å². The van der Waals surface area contributed by atoms with Gasteiger partial charge in [-0.05, 0) is 49.4 Å². The van der Waals surface area contributed by atoms with Gasteiger partial charge in [0, 0.05) is 55.1 Å². The van der Waals surface area contributed by atoms with Gasteiger partial charge in [-0.1, -0.05) is 13.0 Å². The maximum absolute atomic E-state index is 14.1. The van der Waals surface area contributed by atoms with E-state index in [1.54, 1.807) is 0 Å². The number of ether oxygens (including phenoxy) is 1. The molecule has 0 aliphatic carbocycles. The monoisotopic (exact) mass is 426 g/mol. The molecule has 2 N–H and O–H groups in total. The van der Waals surface area contributed by atoms with Crippen LogP contribution in [-0.4, -0.2) is 57.2 Å². The summed E-state index contributed by atoms with van der Waals surface area (Å²) in [7, 11) is -2.65. The zero-order valence-electron chi connectivity index (χ0n) is 17.9. The van der Waals surface area contributed by atoms with Gasteiger partial charge < -0.3 is 15.4 Å². The van der Waals surface area contributed by atoms with Crippen molar-refractivity contribution in [3.63, 3.8) is 0 Å². The Labute approximate surface area is 179 Å². The Morgan fingerprint density at radius 3 is 2.90 bits per heavy atom. The number of pyridine rings is 1. The normalized spacial score (nSPS) is 30.4. The van der Waals surface area contributed by atoms with E-state index in [0.717, 1.165) is 59.2 Å². The van der Waals surface area contributed by atoms with Gasteiger partial charge in [0.2, 0.25) is 0 Å². The molecule has 2 bridgehead atoms. The first kappa shape index (κ1) is 20.0. The van der Waals surface area contributed by atoms with E-state index in [4.69, 9.17) is 4.74 Å². The minimum absolute atomic E-state index is 0.154. The van der Waals surface area contributed by atoms with Crippen LogP contribution in [0.2, 0.25) is 0 Å². The van der Waals surface area contributed by atoms with Crippen LogP contribution in [-0.2, 0) is 16.3 Å². The molecule has 3 aliphatic rings. The largest absolute Gasteiger partial charge is 0.492 e. The molecule has 1 aromatic heterocycles. The summed E-state index contributed by atoms with van der Waals surface area (Å²) in [6.07, 6.45) is 1.86. The standard InChI is InChI=1S/C23H30N4O2S/c1-15-20-13-27(23(15,3)14-26-20)30(4,28)22-10-18(12-25-16(22)2)17-5-6-21-19(9-17)11-24-7-8-29-21/h5-6,9-10,12,15,20,24,26H,4,7-8,11,13-14H2,1-3H3. The fourth-order valence-corrected chi connectivity index (χ4v) is 7.47. The lowest BCUT2D eigenvalue weighted by molar-refractivity contribution is 0.238. The van der Waals surface area contributed by atoms with Gasteiger partial charge in [-0.15, -0.1) is 0 Å². The Morgan fingerprint density at radius 2 is 2.17 bits per heavy atom. The average Bonchev–Trinajstić information content (AvgIpc) is 3.03. The van der Waals surface area contributed by atoms with Gasteiger partial charge in [0.05, 0.1) is 20.3 Å². The van der Waals surface area contributed by atoms with Crippen molar-refractivity contribution in [2.45, 2.75) is 43.8 Å². The van der Waals surface area contributed by atoms with Crippen LogP contribution < -0.4 is 15.4 Å². The van der Waals surface area contributed by atoms with E-state index < -0.39 is 9.71 Å². The summed E-state index contributed by atoms with van der Waals surface area (Å²) >= 11 is 0. The van der Waals surface area contributed by atoms with E-state index >= 15 is 0 Å². The van der Waals surface area contributed by atoms with Crippen molar-refractivity contribution in [1.82, 2.24) is 19.9 Å². The molecule has 0 saturated carbocycles. The summed E-state index contributed by atoms with van der Waals surface area (Å²) in [5.74, 6) is 5.62. The van der Waals surface area contributed by atoms with Crippen molar-refractivity contribution >= 4 is 15.6 Å². The maximum Gasteiger partial charge on any atom is 0.123 e. The molecule has 0 spiro atoms. The molecule has 0 amide bonds. The van der Waals surface area contributed by atoms with E-state index in [-0.39, 0.29) is 5.54 Å². The van der Waals surface area contributed by atoms with E-state index in [0.29, 0.717) is 18.6 Å². The van der Waals surface area contributed by atoms with Gasteiger partial charge in [-0.25, -0.2) is 8.51 Å². The topological polar surface area (TPSA) is 66.5 Å². The van der Waals surface area contributed by atoms with Gasteiger partial charge in [-0.2, -0.15) is 0 Å². The van der Waals surface area contributed by atoms with E-state index in [2.05, 4.69) is 51.8 Å². The molecule has 4 unspecified atom stereocenters. The highest BCUT2D eigenvalue weighted by Crippen LogP contribution is 2.43. The lowest BCUT2D eigenvalue weighted by Crippen LogP contribution is -2.54. The van der Waals surface area contributed by atoms with Crippen LogP contribution in [0.25, 0.3) is 11.1 Å². The molecule has 2 saturated heterocycles. The number of hydrogen-bond donors (Lipinski definition) is 2. The molecule has 2 fully saturated rings. The molecule has 0 radical (unpaired) electrons. The fraction of sp³-hybridized carbons (Fsp3) is 0.478. The van der Waals surface area contributed by atoms with Crippen LogP contribution in [0.5, 0.6) is 5.75 Å². The lowest BCUT2D eigenvalue weighted by atomic mass is 9.91.